The van der Waals surface area contributed by atoms with Crippen molar-refractivity contribution in [3.8, 4) is 28.4 Å². The van der Waals surface area contributed by atoms with Crippen molar-refractivity contribution in [2.45, 2.75) is 19.0 Å². The van der Waals surface area contributed by atoms with E-state index in [1.54, 1.807) is 24.3 Å². The van der Waals surface area contributed by atoms with Gasteiger partial charge in [-0.3, -0.25) is 24.1 Å². The van der Waals surface area contributed by atoms with Crippen molar-refractivity contribution in [1.29, 1.82) is 0 Å². The van der Waals surface area contributed by atoms with Gasteiger partial charge in [0.15, 0.2) is 11.5 Å². The van der Waals surface area contributed by atoms with E-state index in [4.69, 9.17) is 18.6 Å². The summed E-state index contributed by atoms with van der Waals surface area (Å²) in [6.45, 7) is -0.0259. The Kier molecular flexibility index (Phi) is 7.46. The second-order valence-electron chi connectivity index (χ2n) is 9.25. The lowest BCUT2D eigenvalue weighted by molar-refractivity contribution is -0.152. The van der Waals surface area contributed by atoms with Crippen LogP contribution in [0.15, 0.2) is 69.9 Å². The smallest absolute Gasteiger partial charge is 0.450 e. The maximum absolute atomic E-state index is 14.1. The highest BCUT2D eigenvalue weighted by atomic mass is 19.4. The molecule has 0 atom stereocenters. The molecule has 1 aliphatic heterocycles. The van der Waals surface area contributed by atoms with Crippen LogP contribution in [0, 0.1) is 0 Å². The number of imide groups is 1. The standard InChI is InChI=1S/C30H22F3NO8/c1-39-21-12-9-16(14-23(21)40-2)25-26(36)20-11-10-17(15-22(20)42-27(25)30(31,32)33)41-24(35)8-5-13-34-28(37)18-6-3-4-7-19(18)29(34)38/h3-4,6-7,9-12,14-15H,5,8,13H2,1-2H3. The first-order chi connectivity index (χ1) is 20.0. The largest absolute Gasteiger partial charge is 0.493 e. The van der Waals surface area contributed by atoms with E-state index >= 15 is 0 Å². The van der Waals surface area contributed by atoms with Crippen molar-refractivity contribution in [2.24, 2.45) is 0 Å². The Balaban J connectivity index is 1.36. The number of benzene rings is 3. The van der Waals surface area contributed by atoms with Gasteiger partial charge in [0, 0.05) is 19.0 Å². The number of fused-ring (bicyclic) bond motifs is 2. The third-order valence-corrected chi connectivity index (χ3v) is 6.67. The number of amides is 2. The molecule has 0 bridgehead atoms. The highest BCUT2D eigenvalue weighted by Gasteiger charge is 2.40. The average Bonchev–Trinajstić information content (AvgIpc) is 3.21. The van der Waals surface area contributed by atoms with E-state index in [0.717, 1.165) is 11.0 Å². The molecular formula is C30H22F3NO8. The number of esters is 1. The van der Waals surface area contributed by atoms with Crippen molar-refractivity contribution in [3.63, 3.8) is 0 Å². The Morgan fingerprint density at radius 3 is 2.17 bits per heavy atom. The lowest BCUT2D eigenvalue weighted by Gasteiger charge is -2.15. The van der Waals surface area contributed by atoms with Gasteiger partial charge < -0.3 is 18.6 Å². The van der Waals surface area contributed by atoms with Crippen LogP contribution in [0.5, 0.6) is 17.2 Å². The number of hydrogen-bond donors (Lipinski definition) is 0. The van der Waals surface area contributed by atoms with Crippen LogP contribution < -0.4 is 19.6 Å². The average molecular weight is 581 g/mol. The monoisotopic (exact) mass is 581 g/mol. The molecule has 1 aromatic heterocycles. The number of rotatable bonds is 8. The summed E-state index contributed by atoms with van der Waals surface area (Å²) in [5, 5.41) is -0.168. The molecule has 216 valence electrons. The Morgan fingerprint density at radius 1 is 0.881 bits per heavy atom. The Hall–Kier alpha value is -5.13. The predicted octanol–water partition coefficient (Wildman–Crippen LogP) is 5.48. The van der Waals surface area contributed by atoms with Gasteiger partial charge in [0.1, 0.15) is 11.3 Å². The van der Waals surface area contributed by atoms with Crippen LogP contribution in [0.25, 0.3) is 22.1 Å². The van der Waals surface area contributed by atoms with E-state index in [0.29, 0.717) is 0 Å². The summed E-state index contributed by atoms with van der Waals surface area (Å²) in [7, 11) is 2.67. The SMILES string of the molecule is COc1ccc(-c2c(C(F)(F)F)oc3cc(OC(=O)CCCN4C(=O)c5ccccc5C4=O)ccc3c2=O)cc1OC. The molecule has 2 amide bonds. The minimum atomic E-state index is -5.04. The number of hydrogen-bond acceptors (Lipinski definition) is 8. The van der Waals surface area contributed by atoms with Crippen LogP contribution in [-0.4, -0.2) is 43.4 Å². The summed E-state index contributed by atoms with van der Waals surface area (Å²) in [6.07, 6.45) is -5.13. The van der Waals surface area contributed by atoms with Crippen LogP contribution >= 0.6 is 0 Å². The van der Waals surface area contributed by atoms with Crippen LogP contribution in [-0.2, 0) is 11.0 Å². The summed E-state index contributed by atoms with van der Waals surface area (Å²) in [4.78, 5) is 51.7. The quantitative estimate of drug-likeness (QED) is 0.153. The number of carbonyl (C=O) groups is 3. The van der Waals surface area contributed by atoms with Crippen LogP contribution in [0.4, 0.5) is 13.2 Å². The van der Waals surface area contributed by atoms with Crippen molar-refractivity contribution in [3.05, 3.63) is 87.8 Å². The molecule has 42 heavy (non-hydrogen) atoms. The summed E-state index contributed by atoms with van der Waals surface area (Å²) in [6, 6.07) is 13.8. The fourth-order valence-corrected chi connectivity index (χ4v) is 4.70. The molecule has 0 fully saturated rings. The van der Waals surface area contributed by atoms with Gasteiger partial charge in [-0.1, -0.05) is 18.2 Å². The molecule has 0 spiro atoms. The van der Waals surface area contributed by atoms with Crippen molar-refractivity contribution in [1.82, 2.24) is 4.90 Å². The van der Waals surface area contributed by atoms with Crippen molar-refractivity contribution in [2.75, 3.05) is 20.8 Å². The van der Waals surface area contributed by atoms with Gasteiger partial charge in [-0.25, -0.2) is 0 Å². The molecule has 0 saturated carbocycles. The van der Waals surface area contributed by atoms with Crippen LogP contribution in [0.2, 0.25) is 0 Å². The number of alkyl halides is 3. The van der Waals surface area contributed by atoms with Gasteiger partial charge in [0.05, 0.1) is 36.3 Å². The minimum absolute atomic E-state index is 0.0259. The predicted molar refractivity (Wildman–Crippen MR) is 143 cm³/mol. The number of carbonyl (C=O) groups excluding carboxylic acids is 3. The fourth-order valence-electron chi connectivity index (χ4n) is 4.70. The summed E-state index contributed by atoms with van der Waals surface area (Å²) in [5.74, 6) is -2.97. The van der Waals surface area contributed by atoms with Gasteiger partial charge in [0.25, 0.3) is 11.8 Å². The first-order valence-electron chi connectivity index (χ1n) is 12.6. The molecule has 1 aliphatic rings. The fraction of sp³-hybridized carbons (Fsp3) is 0.200. The Bertz CT molecular complexity index is 1760. The Morgan fingerprint density at radius 2 is 1.55 bits per heavy atom. The highest BCUT2D eigenvalue weighted by Crippen LogP contribution is 2.40. The molecule has 3 aromatic carbocycles. The lowest BCUT2D eigenvalue weighted by Crippen LogP contribution is -2.31. The second-order valence-corrected chi connectivity index (χ2v) is 9.25. The maximum Gasteiger partial charge on any atom is 0.450 e. The maximum atomic E-state index is 14.1. The number of ether oxygens (including phenoxy) is 3. The van der Waals surface area contributed by atoms with Gasteiger partial charge in [-0.15, -0.1) is 0 Å². The first kappa shape index (κ1) is 28.4. The Labute approximate surface area is 236 Å². The number of halogens is 3. The van der Waals surface area contributed by atoms with Gasteiger partial charge >= 0.3 is 12.1 Å². The van der Waals surface area contributed by atoms with Crippen LogP contribution in [0.1, 0.15) is 39.3 Å². The normalized spacial score (nSPS) is 12.9. The number of nitrogens with zero attached hydrogens (tertiary/aromatic N) is 1. The summed E-state index contributed by atoms with van der Waals surface area (Å²) in [5.41, 5.74) is -1.62. The molecule has 9 nitrogen and oxygen atoms in total. The van der Waals surface area contributed by atoms with E-state index in [9.17, 15) is 32.3 Å². The zero-order valence-electron chi connectivity index (χ0n) is 22.2. The molecule has 0 unspecified atom stereocenters. The summed E-state index contributed by atoms with van der Waals surface area (Å²) >= 11 is 0. The second kappa shape index (κ2) is 11.0. The third kappa shape index (κ3) is 5.18. The van der Waals surface area contributed by atoms with Gasteiger partial charge in [0.2, 0.25) is 11.2 Å². The van der Waals surface area contributed by atoms with Gasteiger partial charge in [-0.05, 0) is 48.4 Å². The first-order valence-corrected chi connectivity index (χ1v) is 12.6. The summed E-state index contributed by atoms with van der Waals surface area (Å²) < 4.78 is 62.9. The van der Waals surface area contributed by atoms with E-state index in [1.807, 2.05) is 0 Å². The van der Waals surface area contributed by atoms with Crippen LogP contribution in [0.3, 0.4) is 0 Å². The number of methoxy groups -OCH3 is 2. The van der Waals surface area contributed by atoms with Crippen molar-refractivity contribution >= 4 is 28.8 Å². The third-order valence-electron chi connectivity index (χ3n) is 6.67. The molecule has 0 saturated heterocycles. The molecule has 5 rings (SSSR count). The zero-order valence-corrected chi connectivity index (χ0v) is 22.2. The highest BCUT2D eigenvalue weighted by molar-refractivity contribution is 6.21. The molecule has 0 N–H and O–H groups in total. The minimum Gasteiger partial charge on any atom is -0.493 e. The van der Waals surface area contributed by atoms with E-state index in [2.05, 4.69) is 0 Å². The molecule has 4 aromatic rings. The lowest BCUT2D eigenvalue weighted by atomic mass is 10.0. The van der Waals surface area contributed by atoms with E-state index < -0.39 is 46.3 Å². The molecular weight excluding hydrogens is 559 g/mol. The topological polar surface area (TPSA) is 112 Å². The van der Waals surface area contributed by atoms with E-state index in [1.165, 1.54) is 44.6 Å². The molecule has 0 aliphatic carbocycles. The van der Waals surface area contributed by atoms with Gasteiger partial charge in [-0.2, -0.15) is 13.2 Å². The zero-order chi connectivity index (χ0) is 30.2. The molecule has 12 heteroatoms. The molecule has 0 radical (unpaired) electrons. The van der Waals surface area contributed by atoms with Crippen molar-refractivity contribution < 1.29 is 46.2 Å². The molecule has 2 heterocycles. The van der Waals surface area contributed by atoms with E-state index in [-0.39, 0.29) is 58.7 Å².